The van der Waals surface area contributed by atoms with Gasteiger partial charge in [-0.2, -0.15) is 0 Å². The SMILES string of the molecule is CC(=O)CC(C)(C)c1c(C)cc(C)cc1OC(=O)C(C)N. The molecule has 0 aliphatic rings. The molecule has 2 N–H and O–H groups in total. The molecule has 116 valence electrons. The first-order chi connectivity index (χ1) is 9.54. The molecular weight excluding hydrogens is 266 g/mol. The highest BCUT2D eigenvalue weighted by molar-refractivity contribution is 5.79. The molecule has 0 spiro atoms. The molecule has 1 atom stereocenters. The average molecular weight is 291 g/mol. The third-order valence-electron chi connectivity index (χ3n) is 3.39. The van der Waals surface area contributed by atoms with Crippen molar-refractivity contribution in [3.63, 3.8) is 0 Å². The number of benzene rings is 1. The van der Waals surface area contributed by atoms with Crippen molar-refractivity contribution >= 4 is 11.8 Å². The molecule has 0 aromatic heterocycles. The smallest absolute Gasteiger partial charge is 0.328 e. The summed E-state index contributed by atoms with van der Waals surface area (Å²) in [5.74, 6) is 0.130. The maximum Gasteiger partial charge on any atom is 0.328 e. The van der Waals surface area contributed by atoms with E-state index in [2.05, 4.69) is 0 Å². The Labute approximate surface area is 126 Å². The first-order valence-corrected chi connectivity index (χ1v) is 7.13. The van der Waals surface area contributed by atoms with Crippen LogP contribution in [0.5, 0.6) is 5.75 Å². The van der Waals surface area contributed by atoms with Crippen molar-refractivity contribution in [2.24, 2.45) is 5.73 Å². The molecule has 0 amide bonds. The first kappa shape index (κ1) is 17.4. The Morgan fingerprint density at radius 2 is 1.86 bits per heavy atom. The van der Waals surface area contributed by atoms with Crippen LogP contribution < -0.4 is 10.5 Å². The van der Waals surface area contributed by atoms with E-state index in [9.17, 15) is 9.59 Å². The summed E-state index contributed by atoms with van der Waals surface area (Å²) < 4.78 is 5.46. The minimum absolute atomic E-state index is 0.101. The summed E-state index contributed by atoms with van der Waals surface area (Å²) in [6.45, 7) is 11.0. The van der Waals surface area contributed by atoms with Crippen LogP contribution in [-0.2, 0) is 15.0 Å². The molecule has 4 nitrogen and oxygen atoms in total. The van der Waals surface area contributed by atoms with E-state index >= 15 is 0 Å². The standard InChI is InChI=1S/C17H25NO3/c1-10-7-11(2)15(17(5,6)9-12(3)19)14(8-10)21-16(20)13(4)18/h7-8,13H,9,18H2,1-6H3. The third-order valence-corrected chi connectivity index (χ3v) is 3.39. The highest BCUT2D eigenvalue weighted by atomic mass is 16.5. The van der Waals surface area contributed by atoms with Gasteiger partial charge in [0.15, 0.2) is 0 Å². The zero-order valence-electron chi connectivity index (χ0n) is 13.7. The van der Waals surface area contributed by atoms with Crippen molar-refractivity contribution in [2.75, 3.05) is 0 Å². The maximum atomic E-state index is 11.8. The van der Waals surface area contributed by atoms with Gasteiger partial charge in [0.1, 0.15) is 17.6 Å². The van der Waals surface area contributed by atoms with Crippen molar-refractivity contribution in [3.8, 4) is 5.75 Å². The van der Waals surface area contributed by atoms with Gasteiger partial charge in [-0.1, -0.05) is 19.9 Å². The van der Waals surface area contributed by atoms with Crippen molar-refractivity contribution in [1.29, 1.82) is 0 Å². The Morgan fingerprint density at radius 1 is 1.29 bits per heavy atom. The number of ketones is 1. The van der Waals surface area contributed by atoms with Gasteiger partial charge in [0.05, 0.1) is 0 Å². The largest absolute Gasteiger partial charge is 0.425 e. The monoisotopic (exact) mass is 291 g/mol. The lowest BCUT2D eigenvalue weighted by Gasteiger charge is -2.28. The van der Waals surface area contributed by atoms with Gasteiger partial charge in [0.25, 0.3) is 0 Å². The summed E-state index contributed by atoms with van der Waals surface area (Å²) in [6, 6.07) is 3.17. The van der Waals surface area contributed by atoms with Crippen molar-refractivity contribution < 1.29 is 14.3 Å². The molecule has 0 heterocycles. The van der Waals surface area contributed by atoms with E-state index in [4.69, 9.17) is 10.5 Å². The molecule has 1 unspecified atom stereocenters. The number of esters is 1. The molecule has 0 saturated heterocycles. The Bertz CT molecular complexity index is 559. The van der Waals surface area contributed by atoms with Gasteiger partial charge < -0.3 is 10.5 Å². The van der Waals surface area contributed by atoms with Crippen LogP contribution >= 0.6 is 0 Å². The minimum Gasteiger partial charge on any atom is -0.425 e. The Morgan fingerprint density at radius 3 is 2.33 bits per heavy atom. The topological polar surface area (TPSA) is 69.4 Å². The highest BCUT2D eigenvalue weighted by Crippen LogP contribution is 2.38. The van der Waals surface area contributed by atoms with E-state index in [0.717, 1.165) is 16.7 Å². The van der Waals surface area contributed by atoms with Gasteiger partial charge in [-0.15, -0.1) is 0 Å². The molecule has 0 fully saturated rings. The van der Waals surface area contributed by atoms with E-state index in [0.29, 0.717) is 12.2 Å². The van der Waals surface area contributed by atoms with E-state index in [1.165, 1.54) is 0 Å². The third kappa shape index (κ3) is 4.39. The predicted octanol–water partition coefficient (Wildman–Crippen LogP) is 2.81. The second-order valence-electron chi connectivity index (χ2n) is 6.43. The molecule has 1 aromatic carbocycles. The molecule has 0 saturated carbocycles. The normalized spacial score (nSPS) is 12.9. The molecule has 4 heteroatoms. The van der Waals surface area contributed by atoms with Crippen LogP contribution in [0, 0.1) is 13.8 Å². The summed E-state index contributed by atoms with van der Waals surface area (Å²) in [4.78, 5) is 23.3. The van der Waals surface area contributed by atoms with Crippen LogP contribution in [0.3, 0.4) is 0 Å². The Balaban J connectivity index is 3.35. The van der Waals surface area contributed by atoms with Gasteiger partial charge in [-0.3, -0.25) is 4.79 Å². The van der Waals surface area contributed by atoms with Crippen molar-refractivity contribution in [3.05, 3.63) is 28.8 Å². The number of hydrogen-bond acceptors (Lipinski definition) is 4. The molecule has 0 aliphatic heterocycles. The van der Waals surface area contributed by atoms with Crippen LogP contribution in [0.15, 0.2) is 12.1 Å². The number of ether oxygens (including phenoxy) is 1. The molecule has 1 aromatic rings. The summed E-state index contributed by atoms with van der Waals surface area (Å²) in [7, 11) is 0. The van der Waals surface area contributed by atoms with Gasteiger partial charge in [-0.25, -0.2) is 4.79 Å². The van der Waals surface area contributed by atoms with Crippen LogP contribution in [0.1, 0.15) is 50.8 Å². The summed E-state index contributed by atoms with van der Waals surface area (Å²) in [5, 5.41) is 0. The zero-order valence-corrected chi connectivity index (χ0v) is 13.7. The Kier molecular flexibility index (Phi) is 5.29. The Hall–Kier alpha value is -1.68. The molecular formula is C17H25NO3. The molecule has 0 aliphatic carbocycles. The quantitative estimate of drug-likeness (QED) is 0.669. The van der Waals surface area contributed by atoms with Gasteiger partial charge in [0.2, 0.25) is 0 Å². The van der Waals surface area contributed by atoms with Gasteiger partial charge in [-0.05, 0) is 44.9 Å². The number of carbonyl (C=O) groups excluding carboxylic acids is 2. The fourth-order valence-corrected chi connectivity index (χ4v) is 2.79. The summed E-state index contributed by atoms with van der Waals surface area (Å²) in [6.07, 6.45) is 0.389. The van der Waals surface area contributed by atoms with E-state index in [-0.39, 0.29) is 5.78 Å². The molecule has 1 rings (SSSR count). The van der Waals surface area contributed by atoms with Gasteiger partial charge >= 0.3 is 5.97 Å². The number of aryl methyl sites for hydroxylation is 2. The maximum absolute atomic E-state index is 11.8. The van der Waals surface area contributed by atoms with E-state index in [1.807, 2.05) is 39.8 Å². The van der Waals surface area contributed by atoms with E-state index < -0.39 is 17.4 Å². The number of rotatable bonds is 5. The minimum atomic E-state index is -0.686. The second-order valence-corrected chi connectivity index (χ2v) is 6.43. The first-order valence-electron chi connectivity index (χ1n) is 7.13. The number of carbonyl (C=O) groups is 2. The molecule has 0 bridgehead atoms. The fourth-order valence-electron chi connectivity index (χ4n) is 2.79. The highest BCUT2D eigenvalue weighted by Gasteiger charge is 2.29. The molecule has 21 heavy (non-hydrogen) atoms. The lowest BCUT2D eigenvalue weighted by atomic mass is 9.77. The fraction of sp³-hybridized carbons (Fsp3) is 0.529. The van der Waals surface area contributed by atoms with E-state index in [1.54, 1.807) is 13.8 Å². The summed E-state index contributed by atoms with van der Waals surface area (Å²) >= 11 is 0. The number of hydrogen-bond donors (Lipinski definition) is 1. The van der Waals surface area contributed by atoms with Crippen molar-refractivity contribution in [2.45, 2.75) is 59.4 Å². The number of nitrogens with two attached hydrogens (primary N) is 1. The predicted molar refractivity (Wildman–Crippen MR) is 83.5 cm³/mol. The lowest BCUT2D eigenvalue weighted by molar-refractivity contribution is -0.135. The van der Waals surface area contributed by atoms with Crippen LogP contribution in [0.4, 0.5) is 0 Å². The van der Waals surface area contributed by atoms with Crippen LogP contribution in [-0.4, -0.2) is 17.8 Å². The number of Topliss-reactive ketones (excluding diaryl/α,β-unsaturated/α-hetero) is 1. The second kappa shape index (κ2) is 6.39. The zero-order chi connectivity index (χ0) is 16.4. The summed E-state index contributed by atoms with van der Waals surface area (Å²) in [5.41, 5.74) is 8.06. The van der Waals surface area contributed by atoms with Crippen LogP contribution in [0.2, 0.25) is 0 Å². The average Bonchev–Trinajstić information content (AvgIpc) is 2.24. The lowest BCUT2D eigenvalue weighted by Crippen LogP contribution is -2.32. The van der Waals surface area contributed by atoms with Gasteiger partial charge in [0, 0.05) is 17.4 Å². The molecule has 0 radical (unpaired) electrons. The van der Waals surface area contributed by atoms with Crippen LogP contribution in [0.25, 0.3) is 0 Å². The van der Waals surface area contributed by atoms with Crippen molar-refractivity contribution in [1.82, 2.24) is 0 Å².